The first-order valence-electron chi connectivity index (χ1n) is 3.15. The van der Waals surface area contributed by atoms with E-state index in [2.05, 4.69) is 0 Å². The number of carbonyl (C=O) groups is 1. The van der Waals surface area contributed by atoms with Gasteiger partial charge in [-0.25, -0.2) is 0 Å². The van der Waals surface area contributed by atoms with E-state index in [1.54, 1.807) is 0 Å². The molecule has 0 aromatic carbocycles. The number of rotatable bonds is 1. The van der Waals surface area contributed by atoms with Crippen LogP contribution in [0.4, 0.5) is 0 Å². The van der Waals surface area contributed by atoms with Crippen LogP contribution >= 0.6 is 0 Å². The van der Waals surface area contributed by atoms with Gasteiger partial charge in [0.05, 0.1) is 16.8 Å². The Bertz CT molecular complexity index is 383. The Labute approximate surface area is 98.8 Å². The molecule has 0 aromatic heterocycles. The van der Waals surface area contributed by atoms with E-state index in [1.807, 2.05) is 0 Å². The van der Waals surface area contributed by atoms with Gasteiger partial charge in [0, 0.05) is 0 Å². The van der Waals surface area contributed by atoms with E-state index in [-0.39, 0.29) is 34.4 Å². The van der Waals surface area contributed by atoms with E-state index in [9.17, 15) is 18.3 Å². The number of carbonyl (C=O) groups excluding carboxylic acids is 1. The molecule has 1 rings (SSSR count). The summed E-state index contributed by atoms with van der Waals surface area (Å²) in [5.74, 6) is -2.55. The van der Waals surface area contributed by atoms with Gasteiger partial charge < -0.3 is 9.90 Å². The molecule has 0 spiro atoms. The van der Waals surface area contributed by atoms with Crippen molar-refractivity contribution < 1.29 is 47.9 Å². The van der Waals surface area contributed by atoms with E-state index in [4.69, 9.17) is 0 Å². The van der Waals surface area contributed by atoms with Crippen molar-refractivity contribution in [1.29, 1.82) is 0 Å². The first kappa shape index (κ1) is 12.6. The Morgan fingerprint density at radius 1 is 1.38 bits per heavy atom. The molecule has 0 aliphatic heterocycles. The van der Waals surface area contributed by atoms with Crippen molar-refractivity contribution >= 4 is 21.1 Å². The van der Waals surface area contributed by atoms with Crippen molar-refractivity contribution in [1.82, 2.24) is 0 Å². The van der Waals surface area contributed by atoms with Gasteiger partial charge in [0.2, 0.25) is 10.3 Å². The maximum Gasteiger partial charge on any atom is 1.00 e. The molecule has 13 heavy (non-hydrogen) atoms. The van der Waals surface area contributed by atoms with Crippen LogP contribution in [0.5, 0.6) is 0 Å². The molecule has 0 heterocycles. The second-order valence-electron chi connectivity index (χ2n) is 2.18. The van der Waals surface area contributed by atoms with Gasteiger partial charge in [-0.1, -0.05) is 18.2 Å². The summed E-state index contributed by atoms with van der Waals surface area (Å²) in [6.45, 7) is 0. The normalized spacial score (nSPS) is 19.4. The summed E-state index contributed by atoms with van der Waals surface area (Å²) in [5, 5.41) is 10.4. The van der Waals surface area contributed by atoms with Crippen LogP contribution in [0.2, 0.25) is 0 Å². The van der Waals surface area contributed by atoms with Crippen LogP contribution in [0, 0.1) is 5.92 Å². The Morgan fingerprint density at radius 3 is 2.38 bits per heavy atom. The van der Waals surface area contributed by atoms with E-state index >= 15 is 0 Å². The van der Waals surface area contributed by atoms with Gasteiger partial charge in [-0.2, -0.15) is 8.42 Å². The van der Waals surface area contributed by atoms with Crippen molar-refractivity contribution in [3.8, 4) is 0 Å². The minimum absolute atomic E-state index is 0. The molecule has 0 radical (unpaired) electrons. The van der Waals surface area contributed by atoms with E-state index < -0.39 is 22.2 Å². The van der Waals surface area contributed by atoms with Crippen molar-refractivity contribution in [2.24, 2.45) is 5.92 Å². The number of allylic oxidation sites excluding steroid dienone is 3. The zero-order valence-corrected chi connectivity index (χ0v) is 9.74. The molecular formula is C7H5NaO4S. The van der Waals surface area contributed by atoms with E-state index in [0.29, 0.717) is 0 Å². The predicted molar refractivity (Wildman–Crippen MR) is 40.7 cm³/mol. The standard InChI is InChI=1S/C7H6O4S.Na/c8-7(9)5-3-1-2-4-6(5)12(10)11;/h1-5H,(H,8,9);/q;+1/p-1. The quantitative estimate of drug-likeness (QED) is 0.322. The summed E-state index contributed by atoms with van der Waals surface area (Å²) < 4.78 is 20.9. The average molecular weight is 208 g/mol. The Hall–Kier alpha value is -0.360. The molecule has 0 fully saturated rings. The molecule has 0 saturated carbocycles. The third kappa shape index (κ3) is 3.11. The third-order valence-corrected chi connectivity index (χ3v) is 2.20. The summed E-state index contributed by atoms with van der Waals surface area (Å²) in [5.41, 5.74) is 0. The number of aliphatic carboxylic acids is 1. The zero-order valence-electron chi connectivity index (χ0n) is 6.93. The molecule has 1 unspecified atom stereocenters. The fourth-order valence-corrected chi connectivity index (χ4v) is 1.45. The first-order chi connectivity index (χ1) is 5.63. The largest absolute Gasteiger partial charge is 1.00 e. The monoisotopic (exact) mass is 208 g/mol. The summed E-state index contributed by atoms with van der Waals surface area (Å²) >= 11 is 0. The Balaban J connectivity index is 0.00000144. The number of carboxylic acids is 1. The van der Waals surface area contributed by atoms with Gasteiger partial charge in [-0.3, -0.25) is 0 Å². The molecule has 64 valence electrons. The van der Waals surface area contributed by atoms with E-state index in [1.165, 1.54) is 24.3 Å². The number of carboxylic acid groups (broad SMARTS) is 1. The first-order valence-corrected chi connectivity index (χ1v) is 4.22. The van der Waals surface area contributed by atoms with Crippen molar-refractivity contribution in [3.63, 3.8) is 0 Å². The molecular weight excluding hydrogens is 203 g/mol. The van der Waals surface area contributed by atoms with Gasteiger partial charge in [0.15, 0.2) is 0 Å². The second kappa shape index (κ2) is 5.39. The maximum absolute atomic E-state index is 10.5. The summed E-state index contributed by atoms with van der Waals surface area (Å²) in [6.07, 6.45) is 5.44. The smallest absolute Gasteiger partial charge is 0.549 e. The van der Waals surface area contributed by atoms with E-state index in [0.717, 1.165) is 0 Å². The SMILES string of the molecule is O=C([O-])C1C=CC=CC1=S(=O)=O.[Na+]. The molecule has 0 aromatic rings. The molecule has 1 aliphatic carbocycles. The van der Waals surface area contributed by atoms with Crippen molar-refractivity contribution in [2.75, 3.05) is 0 Å². The summed E-state index contributed by atoms with van der Waals surface area (Å²) in [4.78, 5) is 10.2. The zero-order chi connectivity index (χ0) is 9.14. The van der Waals surface area contributed by atoms with Crippen LogP contribution < -0.4 is 34.7 Å². The van der Waals surface area contributed by atoms with Crippen LogP contribution in [0.25, 0.3) is 0 Å². The number of hydrogen-bond donors (Lipinski definition) is 0. The van der Waals surface area contributed by atoms with Gasteiger partial charge >= 0.3 is 29.6 Å². The fraction of sp³-hybridized carbons (Fsp3) is 0.143. The molecule has 6 heteroatoms. The van der Waals surface area contributed by atoms with Gasteiger partial charge in [0.1, 0.15) is 0 Å². The summed E-state index contributed by atoms with van der Waals surface area (Å²) in [6, 6.07) is 0. The van der Waals surface area contributed by atoms with Crippen LogP contribution in [0.15, 0.2) is 24.3 Å². The third-order valence-electron chi connectivity index (χ3n) is 1.43. The van der Waals surface area contributed by atoms with Gasteiger partial charge in [-0.15, -0.1) is 0 Å². The summed E-state index contributed by atoms with van der Waals surface area (Å²) in [7, 11) is -2.49. The minimum atomic E-state index is -2.49. The molecule has 0 N–H and O–H groups in total. The molecule has 1 aliphatic rings. The topological polar surface area (TPSA) is 74.3 Å². The molecule has 1 atom stereocenters. The minimum Gasteiger partial charge on any atom is -0.549 e. The molecule has 0 amide bonds. The van der Waals surface area contributed by atoms with Crippen LogP contribution in [-0.2, 0) is 15.1 Å². The molecule has 0 bridgehead atoms. The molecule has 4 nitrogen and oxygen atoms in total. The van der Waals surface area contributed by atoms with Gasteiger partial charge in [0.25, 0.3) is 0 Å². The predicted octanol–water partition coefficient (Wildman–Crippen LogP) is -4.47. The fourth-order valence-electron chi connectivity index (χ4n) is 0.878. The molecule has 0 saturated heterocycles. The van der Waals surface area contributed by atoms with Crippen molar-refractivity contribution in [2.45, 2.75) is 0 Å². The maximum atomic E-state index is 10.5. The number of hydrogen-bond acceptors (Lipinski definition) is 4. The van der Waals surface area contributed by atoms with Gasteiger partial charge in [-0.05, 0) is 6.08 Å². The average Bonchev–Trinajstić information content (AvgIpc) is 2.04. The van der Waals surface area contributed by atoms with Crippen LogP contribution in [-0.4, -0.2) is 19.3 Å². The second-order valence-corrected chi connectivity index (χ2v) is 3.12. The van der Waals surface area contributed by atoms with Crippen LogP contribution in [0.3, 0.4) is 0 Å². The Kier molecular flexibility index (Phi) is 5.24. The Morgan fingerprint density at radius 2 is 2.00 bits per heavy atom. The van der Waals surface area contributed by atoms with Crippen LogP contribution in [0.1, 0.15) is 0 Å². The van der Waals surface area contributed by atoms with Crippen molar-refractivity contribution in [3.05, 3.63) is 24.3 Å².